The minimum Gasteiger partial charge on any atom is -0.493 e. The van der Waals surface area contributed by atoms with E-state index in [-0.39, 0.29) is 0 Å². The fourth-order valence-electron chi connectivity index (χ4n) is 2.37. The molecule has 0 aliphatic rings. The molecule has 1 unspecified atom stereocenters. The summed E-state index contributed by atoms with van der Waals surface area (Å²) in [6.07, 6.45) is 0.926. The van der Waals surface area contributed by atoms with Gasteiger partial charge in [0.25, 0.3) is 0 Å². The van der Waals surface area contributed by atoms with E-state index in [1.807, 2.05) is 12.1 Å². The zero-order valence-corrected chi connectivity index (χ0v) is 14.4. The number of rotatable bonds is 8. The van der Waals surface area contributed by atoms with E-state index in [0.29, 0.717) is 11.9 Å². The van der Waals surface area contributed by atoms with Crippen molar-refractivity contribution in [3.8, 4) is 11.5 Å². The average molecular weight is 307 g/mol. The van der Waals surface area contributed by atoms with Gasteiger partial charge in [-0.3, -0.25) is 4.99 Å². The molecule has 124 valence electrons. The smallest absolute Gasteiger partial charge is 0.191 e. The third kappa shape index (κ3) is 5.13. The maximum Gasteiger partial charge on any atom is 0.191 e. The molecule has 0 aliphatic heterocycles. The molecule has 5 heteroatoms. The monoisotopic (exact) mass is 307 g/mol. The summed E-state index contributed by atoms with van der Waals surface area (Å²) in [5.74, 6) is 2.55. The molecule has 1 aromatic carbocycles. The van der Waals surface area contributed by atoms with Crippen LogP contribution in [0.5, 0.6) is 11.5 Å². The minimum atomic E-state index is 0.409. The topological polar surface area (TPSA) is 60.1 Å². The van der Waals surface area contributed by atoms with Gasteiger partial charge < -0.3 is 20.1 Å². The SMILES string of the molecule is CCN(CC)C(N)=NCC(C)Cc1ccc(OC)c(OC)c1. The maximum absolute atomic E-state index is 6.00. The van der Waals surface area contributed by atoms with Crippen molar-refractivity contribution in [3.05, 3.63) is 23.8 Å². The lowest BCUT2D eigenvalue weighted by molar-refractivity contribution is 0.354. The van der Waals surface area contributed by atoms with Crippen molar-refractivity contribution in [2.45, 2.75) is 27.2 Å². The Morgan fingerprint density at radius 3 is 2.36 bits per heavy atom. The molecule has 0 amide bonds. The third-order valence-corrected chi connectivity index (χ3v) is 3.68. The first kappa shape index (κ1) is 18.1. The van der Waals surface area contributed by atoms with Crippen molar-refractivity contribution in [1.29, 1.82) is 0 Å². The van der Waals surface area contributed by atoms with Crippen molar-refractivity contribution in [1.82, 2.24) is 4.90 Å². The van der Waals surface area contributed by atoms with Crippen molar-refractivity contribution in [3.63, 3.8) is 0 Å². The van der Waals surface area contributed by atoms with Crippen LogP contribution in [0.2, 0.25) is 0 Å². The first-order valence-corrected chi connectivity index (χ1v) is 7.81. The fourth-order valence-corrected chi connectivity index (χ4v) is 2.37. The Hall–Kier alpha value is -1.91. The van der Waals surface area contributed by atoms with Gasteiger partial charge in [-0.25, -0.2) is 0 Å². The van der Waals surface area contributed by atoms with Crippen LogP contribution in [0.15, 0.2) is 23.2 Å². The van der Waals surface area contributed by atoms with Crippen LogP contribution >= 0.6 is 0 Å². The first-order chi connectivity index (χ1) is 10.5. The van der Waals surface area contributed by atoms with Gasteiger partial charge in [-0.1, -0.05) is 13.0 Å². The highest BCUT2D eigenvalue weighted by Crippen LogP contribution is 2.28. The van der Waals surface area contributed by atoms with Gasteiger partial charge in [0.05, 0.1) is 14.2 Å². The Bertz CT molecular complexity index is 485. The molecule has 0 bridgehead atoms. The molecular formula is C17H29N3O2. The van der Waals surface area contributed by atoms with Crippen LogP contribution in [0.4, 0.5) is 0 Å². The van der Waals surface area contributed by atoms with E-state index in [1.165, 1.54) is 5.56 Å². The summed E-state index contributed by atoms with van der Waals surface area (Å²) in [7, 11) is 3.30. The third-order valence-electron chi connectivity index (χ3n) is 3.68. The van der Waals surface area contributed by atoms with Gasteiger partial charge in [0.2, 0.25) is 0 Å². The Morgan fingerprint density at radius 2 is 1.82 bits per heavy atom. The molecule has 0 spiro atoms. The summed E-state index contributed by atoms with van der Waals surface area (Å²) in [6.45, 7) is 8.83. The van der Waals surface area contributed by atoms with Gasteiger partial charge in [0.1, 0.15) is 0 Å². The summed E-state index contributed by atoms with van der Waals surface area (Å²) >= 11 is 0. The van der Waals surface area contributed by atoms with E-state index in [1.54, 1.807) is 14.2 Å². The predicted octanol–water partition coefficient (Wildman–Crippen LogP) is 2.54. The molecule has 0 radical (unpaired) electrons. The van der Waals surface area contributed by atoms with E-state index in [4.69, 9.17) is 15.2 Å². The van der Waals surface area contributed by atoms with Crippen LogP contribution in [0.3, 0.4) is 0 Å². The van der Waals surface area contributed by atoms with E-state index < -0.39 is 0 Å². The number of aliphatic imine (C=N–C) groups is 1. The van der Waals surface area contributed by atoms with Gasteiger partial charge in [-0.15, -0.1) is 0 Å². The van der Waals surface area contributed by atoms with Crippen molar-refractivity contribution < 1.29 is 9.47 Å². The largest absolute Gasteiger partial charge is 0.493 e. The van der Waals surface area contributed by atoms with Crippen LogP contribution in [0.1, 0.15) is 26.3 Å². The summed E-state index contributed by atoms with van der Waals surface area (Å²) in [5.41, 5.74) is 7.21. The van der Waals surface area contributed by atoms with Gasteiger partial charge in [-0.2, -0.15) is 0 Å². The maximum atomic E-state index is 6.00. The Morgan fingerprint density at radius 1 is 1.18 bits per heavy atom. The van der Waals surface area contributed by atoms with Crippen LogP contribution in [-0.2, 0) is 6.42 Å². The number of hydrogen-bond acceptors (Lipinski definition) is 3. The Balaban J connectivity index is 2.65. The van der Waals surface area contributed by atoms with E-state index in [9.17, 15) is 0 Å². The van der Waals surface area contributed by atoms with Crippen molar-refractivity contribution in [2.24, 2.45) is 16.6 Å². The molecular weight excluding hydrogens is 278 g/mol. The molecule has 1 aromatic rings. The lowest BCUT2D eigenvalue weighted by atomic mass is 10.0. The highest BCUT2D eigenvalue weighted by atomic mass is 16.5. The van der Waals surface area contributed by atoms with Crippen LogP contribution in [0.25, 0.3) is 0 Å². The molecule has 0 saturated carbocycles. The van der Waals surface area contributed by atoms with Crippen LogP contribution in [0, 0.1) is 5.92 Å². The molecule has 1 atom stereocenters. The Kier molecular flexibility index (Phi) is 7.57. The molecule has 1 rings (SSSR count). The number of methoxy groups -OCH3 is 2. The molecule has 0 aromatic heterocycles. The quantitative estimate of drug-likeness (QED) is 0.592. The lowest BCUT2D eigenvalue weighted by Crippen LogP contribution is -2.37. The average Bonchev–Trinajstić information content (AvgIpc) is 2.53. The zero-order chi connectivity index (χ0) is 16.5. The molecule has 2 N–H and O–H groups in total. The van der Waals surface area contributed by atoms with Crippen molar-refractivity contribution >= 4 is 5.96 Å². The van der Waals surface area contributed by atoms with Crippen molar-refractivity contribution in [2.75, 3.05) is 33.9 Å². The zero-order valence-electron chi connectivity index (χ0n) is 14.4. The highest BCUT2D eigenvalue weighted by molar-refractivity contribution is 5.77. The van der Waals surface area contributed by atoms with Crippen LogP contribution in [-0.4, -0.2) is 44.7 Å². The number of nitrogens with two attached hydrogens (primary N) is 1. The van der Waals surface area contributed by atoms with E-state index >= 15 is 0 Å². The first-order valence-electron chi connectivity index (χ1n) is 7.81. The number of guanidine groups is 1. The summed E-state index contributed by atoms with van der Waals surface area (Å²) < 4.78 is 10.6. The number of nitrogens with zero attached hydrogens (tertiary/aromatic N) is 2. The Labute approximate surface area is 134 Å². The van der Waals surface area contributed by atoms with Gasteiger partial charge in [0, 0.05) is 19.6 Å². The molecule has 5 nitrogen and oxygen atoms in total. The summed E-state index contributed by atoms with van der Waals surface area (Å²) in [4.78, 5) is 6.56. The molecule has 0 heterocycles. The second kappa shape index (κ2) is 9.18. The minimum absolute atomic E-state index is 0.409. The second-order valence-electron chi connectivity index (χ2n) is 5.37. The predicted molar refractivity (Wildman–Crippen MR) is 91.8 cm³/mol. The summed E-state index contributed by atoms with van der Waals surface area (Å²) in [6, 6.07) is 6.02. The lowest BCUT2D eigenvalue weighted by Gasteiger charge is -2.20. The highest BCUT2D eigenvalue weighted by Gasteiger charge is 2.09. The molecule has 22 heavy (non-hydrogen) atoms. The number of ether oxygens (including phenoxy) is 2. The second-order valence-corrected chi connectivity index (χ2v) is 5.37. The number of hydrogen-bond donors (Lipinski definition) is 1. The normalized spacial score (nSPS) is 12.9. The van der Waals surface area contributed by atoms with E-state index in [0.717, 1.165) is 37.6 Å². The molecule has 0 aliphatic carbocycles. The number of benzene rings is 1. The summed E-state index contributed by atoms with van der Waals surface area (Å²) in [5, 5.41) is 0. The standard InChI is InChI=1S/C17H29N3O2/c1-6-20(7-2)17(18)19-12-13(3)10-14-8-9-15(21-4)16(11-14)22-5/h8-9,11,13H,6-7,10,12H2,1-5H3,(H2,18,19). The fraction of sp³-hybridized carbons (Fsp3) is 0.588. The molecule has 0 fully saturated rings. The van der Waals surface area contributed by atoms with Gasteiger partial charge in [-0.05, 0) is 43.9 Å². The molecule has 0 saturated heterocycles. The van der Waals surface area contributed by atoms with E-state index in [2.05, 4.69) is 36.7 Å². The van der Waals surface area contributed by atoms with Crippen LogP contribution < -0.4 is 15.2 Å². The van der Waals surface area contributed by atoms with Gasteiger partial charge >= 0.3 is 0 Å². The van der Waals surface area contributed by atoms with Gasteiger partial charge in [0.15, 0.2) is 17.5 Å².